The van der Waals surface area contributed by atoms with Crippen LogP contribution in [0.3, 0.4) is 0 Å². The Morgan fingerprint density at radius 2 is 1.85 bits per heavy atom. The zero-order chi connectivity index (χ0) is 24.2. The smallest absolute Gasteiger partial charge is 0.235 e. The number of likely N-dealkylation sites (N-methyl/N-ethyl adjacent to an activating group) is 1. The molecular weight excluding hydrogens is 443 g/mol. The van der Waals surface area contributed by atoms with E-state index in [2.05, 4.69) is 30.5 Å². The molecule has 2 N–H and O–H groups in total. The molecule has 0 spiro atoms. The van der Waals surface area contributed by atoms with Gasteiger partial charge in [0, 0.05) is 40.0 Å². The molecule has 0 aliphatic carbocycles. The first-order valence-corrected chi connectivity index (χ1v) is 10.4. The summed E-state index contributed by atoms with van der Waals surface area (Å²) in [6.45, 7) is 0.695. The summed E-state index contributed by atoms with van der Waals surface area (Å²) in [4.78, 5) is 27.1. The molecule has 5 rings (SSSR count). The minimum absolute atomic E-state index is 0.0282. The van der Waals surface area contributed by atoms with Gasteiger partial charge in [-0.3, -0.25) is 4.79 Å². The predicted octanol–water partition coefficient (Wildman–Crippen LogP) is 2.36. The van der Waals surface area contributed by atoms with Crippen LogP contribution in [0.2, 0.25) is 0 Å². The first-order valence-electron chi connectivity index (χ1n) is 10.4. The van der Waals surface area contributed by atoms with Crippen molar-refractivity contribution < 1.29 is 18.8 Å². The molecule has 1 unspecified atom stereocenters. The number of anilines is 2. The summed E-state index contributed by atoms with van der Waals surface area (Å²) in [5, 5.41) is 17.8. The number of aliphatic hydroxyl groups excluding tert-OH is 1. The fourth-order valence-electron chi connectivity index (χ4n) is 3.57. The maximum absolute atomic E-state index is 14.0. The summed E-state index contributed by atoms with van der Waals surface area (Å²) >= 11 is 0. The maximum atomic E-state index is 14.0. The van der Waals surface area contributed by atoms with Gasteiger partial charge in [-0.15, -0.1) is 0 Å². The normalized spacial score (nSPS) is 15.3. The Morgan fingerprint density at radius 1 is 1.12 bits per heavy atom. The number of carbonyl (C=O) groups is 1. The van der Waals surface area contributed by atoms with Crippen molar-refractivity contribution in [2.45, 2.75) is 12.3 Å². The molecule has 12 heteroatoms. The van der Waals surface area contributed by atoms with Gasteiger partial charge in [-0.25, -0.2) is 19.6 Å². The summed E-state index contributed by atoms with van der Waals surface area (Å²) in [6.07, 6.45) is 3.62. The number of carbonyl (C=O) groups excluding carboxylic acids is 1. The van der Waals surface area contributed by atoms with Gasteiger partial charge in [-0.2, -0.15) is 9.49 Å². The summed E-state index contributed by atoms with van der Waals surface area (Å²) in [6, 6.07) is 8.90. The van der Waals surface area contributed by atoms with Crippen molar-refractivity contribution in [3.05, 3.63) is 54.4 Å². The average Bonchev–Trinajstić information content (AvgIpc) is 3.57. The highest BCUT2D eigenvalue weighted by Crippen LogP contribution is 2.31. The molecule has 176 valence electrons. The Balaban J connectivity index is 0.00000133. The standard InChI is InChI=1S/C21H19FN8O2.CH4O/c1-29-9-7-12(20(29)31)18-10-16(28-32-18)14-5-3-4-13(25-14)15-6-8-23-21(26-15)27-17-11-24-30(2)19(17)22;1-2/h3-6,8,10-12H,7,9H2,1-2H3,(H,23,26,27);2H,1H3. The van der Waals surface area contributed by atoms with Gasteiger partial charge in [0.15, 0.2) is 0 Å². The SMILES string of the molecule is CN1CCC(c2cc(-c3cccc(-c4ccnc(Nc5cnn(C)c5F)n4)n3)no2)C1=O.CO. The van der Waals surface area contributed by atoms with E-state index in [1.165, 1.54) is 13.2 Å². The lowest BCUT2D eigenvalue weighted by Gasteiger charge is -2.07. The average molecular weight is 466 g/mol. The topological polar surface area (TPSA) is 135 Å². The van der Waals surface area contributed by atoms with E-state index in [4.69, 9.17) is 9.63 Å². The van der Waals surface area contributed by atoms with Crippen molar-refractivity contribution >= 4 is 17.5 Å². The molecule has 4 aromatic rings. The number of pyridine rings is 1. The van der Waals surface area contributed by atoms with Crippen LogP contribution in [-0.2, 0) is 11.8 Å². The number of hydrogen-bond donors (Lipinski definition) is 2. The molecule has 0 aromatic carbocycles. The molecule has 11 nitrogen and oxygen atoms in total. The van der Waals surface area contributed by atoms with Crippen LogP contribution in [0.25, 0.3) is 22.8 Å². The van der Waals surface area contributed by atoms with E-state index in [0.29, 0.717) is 41.5 Å². The van der Waals surface area contributed by atoms with Crippen molar-refractivity contribution in [2.24, 2.45) is 7.05 Å². The van der Waals surface area contributed by atoms with Crippen molar-refractivity contribution in [1.29, 1.82) is 0 Å². The zero-order valence-corrected chi connectivity index (χ0v) is 18.8. The van der Waals surface area contributed by atoms with Crippen LogP contribution in [0.15, 0.2) is 47.2 Å². The Kier molecular flexibility index (Phi) is 6.59. The van der Waals surface area contributed by atoms with Crippen molar-refractivity contribution in [2.75, 3.05) is 26.0 Å². The monoisotopic (exact) mass is 466 g/mol. The quantitative estimate of drug-likeness (QED) is 0.454. The van der Waals surface area contributed by atoms with Crippen LogP contribution in [0.1, 0.15) is 18.1 Å². The molecule has 0 saturated carbocycles. The third-order valence-electron chi connectivity index (χ3n) is 5.34. The molecule has 4 aromatic heterocycles. The number of rotatable bonds is 5. The molecular formula is C22H23FN8O3. The van der Waals surface area contributed by atoms with Crippen molar-refractivity contribution in [3.63, 3.8) is 0 Å². The number of halogens is 1. The van der Waals surface area contributed by atoms with Crippen LogP contribution in [0.4, 0.5) is 16.0 Å². The highest BCUT2D eigenvalue weighted by atomic mass is 19.1. The minimum atomic E-state index is -0.520. The van der Waals surface area contributed by atoms with Gasteiger partial charge >= 0.3 is 0 Å². The van der Waals surface area contributed by atoms with Gasteiger partial charge in [-0.1, -0.05) is 11.2 Å². The zero-order valence-electron chi connectivity index (χ0n) is 18.8. The van der Waals surface area contributed by atoms with Crippen molar-refractivity contribution in [1.82, 2.24) is 34.8 Å². The number of likely N-dealkylation sites (tertiary alicyclic amines) is 1. The molecule has 1 saturated heterocycles. The predicted molar refractivity (Wildman–Crippen MR) is 120 cm³/mol. The first kappa shape index (κ1) is 23.0. The fourth-order valence-corrected chi connectivity index (χ4v) is 3.57. The lowest BCUT2D eigenvalue weighted by atomic mass is 10.0. The summed E-state index contributed by atoms with van der Waals surface area (Å²) in [5.41, 5.74) is 2.43. The van der Waals surface area contributed by atoms with Crippen molar-refractivity contribution in [3.8, 4) is 22.8 Å². The van der Waals surface area contributed by atoms with Gasteiger partial charge in [-0.05, 0) is 24.6 Å². The van der Waals surface area contributed by atoms with Gasteiger partial charge in [0.2, 0.25) is 17.8 Å². The molecule has 1 aliphatic rings. The Morgan fingerprint density at radius 3 is 2.53 bits per heavy atom. The van der Waals surface area contributed by atoms with Crippen LogP contribution in [-0.4, -0.2) is 66.5 Å². The van der Waals surface area contributed by atoms with Gasteiger partial charge in [0.1, 0.15) is 23.1 Å². The van der Waals surface area contributed by atoms with Gasteiger partial charge in [0.25, 0.3) is 0 Å². The number of amides is 1. The van der Waals surface area contributed by atoms with Gasteiger partial charge < -0.3 is 19.8 Å². The van der Waals surface area contributed by atoms with Crippen LogP contribution in [0, 0.1) is 5.95 Å². The number of aromatic nitrogens is 6. The molecule has 0 bridgehead atoms. The highest BCUT2D eigenvalue weighted by molar-refractivity contribution is 5.85. The maximum Gasteiger partial charge on any atom is 0.235 e. The third kappa shape index (κ3) is 4.48. The van der Waals surface area contributed by atoms with Gasteiger partial charge in [0.05, 0.1) is 23.3 Å². The largest absolute Gasteiger partial charge is 0.400 e. The summed E-state index contributed by atoms with van der Waals surface area (Å²) in [7, 11) is 4.28. The van der Waals surface area contributed by atoms with Crippen LogP contribution < -0.4 is 5.32 Å². The molecule has 1 atom stereocenters. The lowest BCUT2D eigenvalue weighted by molar-refractivity contribution is -0.128. The number of nitrogens with one attached hydrogen (secondary N) is 1. The third-order valence-corrected chi connectivity index (χ3v) is 5.34. The molecule has 0 radical (unpaired) electrons. The Hall–Kier alpha value is -4.19. The highest BCUT2D eigenvalue weighted by Gasteiger charge is 2.33. The number of hydrogen-bond acceptors (Lipinski definition) is 9. The van der Waals surface area contributed by atoms with E-state index in [1.54, 1.807) is 42.4 Å². The second-order valence-electron chi connectivity index (χ2n) is 7.49. The van der Waals surface area contributed by atoms with E-state index in [0.717, 1.165) is 11.8 Å². The van der Waals surface area contributed by atoms with E-state index < -0.39 is 5.95 Å². The number of aryl methyl sites for hydroxylation is 1. The lowest BCUT2D eigenvalue weighted by Crippen LogP contribution is -2.21. The van der Waals surface area contributed by atoms with E-state index >= 15 is 0 Å². The summed E-state index contributed by atoms with van der Waals surface area (Å²) < 4.78 is 20.6. The van der Waals surface area contributed by atoms with E-state index in [1.807, 2.05) is 6.07 Å². The number of nitrogens with zero attached hydrogens (tertiary/aromatic N) is 7. The first-order chi connectivity index (χ1) is 16.5. The van der Waals surface area contributed by atoms with E-state index in [9.17, 15) is 9.18 Å². The summed E-state index contributed by atoms with van der Waals surface area (Å²) in [5.74, 6) is -0.0519. The fraction of sp³-hybridized carbons (Fsp3) is 0.273. The Labute approximate surface area is 194 Å². The molecule has 1 fully saturated rings. The van der Waals surface area contributed by atoms with E-state index in [-0.39, 0.29) is 23.5 Å². The molecule has 5 heterocycles. The number of aliphatic hydroxyl groups is 1. The molecule has 34 heavy (non-hydrogen) atoms. The minimum Gasteiger partial charge on any atom is -0.400 e. The molecule has 1 aliphatic heterocycles. The second kappa shape index (κ2) is 9.75. The van der Waals surface area contributed by atoms with Crippen LogP contribution >= 0.6 is 0 Å². The van der Waals surface area contributed by atoms with Crippen LogP contribution in [0.5, 0.6) is 0 Å². The molecule has 1 amide bonds. The second-order valence-corrected chi connectivity index (χ2v) is 7.49. The Bertz CT molecular complexity index is 1300.